The van der Waals surface area contributed by atoms with Gasteiger partial charge in [0.15, 0.2) is 0 Å². The van der Waals surface area contributed by atoms with Gasteiger partial charge in [-0.2, -0.15) is 0 Å². The highest BCUT2D eigenvalue weighted by molar-refractivity contribution is 5.89. The summed E-state index contributed by atoms with van der Waals surface area (Å²) in [5, 5.41) is 13.3. The number of aromatic amines is 1. The molecule has 1 aromatic heterocycles. The van der Waals surface area contributed by atoms with Crippen LogP contribution in [0.3, 0.4) is 0 Å². The number of piperazine rings is 1. The second kappa shape index (κ2) is 9.13. The minimum Gasteiger partial charge on any atom is -0.480 e. The number of carbonyl (C=O) groups is 2. The highest BCUT2D eigenvalue weighted by Gasteiger charge is 2.32. The number of nitrogens with one attached hydrogen (secondary N) is 2. The fourth-order valence-corrected chi connectivity index (χ4v) is 3.56. The monoisotopic (exact) mass is 392 g/mol. The number of amides is 1. The second-order valence-corrected chi connectivity index (χ2v) is 6.83. The van der Waals surface area contributed by atoms with Crippen molar-refractivity contribution < 1.29 is 23.8 Å². The lowest BCUT2D eigenvalue weighted by Gasteiger charge is -2.37. The summed E-state index contributed by atoms with van der Waals surface area (Å²) in [7, 11) is 1.58. The predicted molar refractivity (Wildman–Crippen MR) is 102 cm³/mol. The van der Waals surface area contributed by atoms with Crippen molar-refractivity contribution in [2.75, 3.05) is 53.0 Å². The zero-order valence-electron chi connectivity index (χ0n) is 15.8. The van der Waals surface area contributed by atoms with Gasteiger partial charge in [-0.15, -0.1) is 0 Å². The fraction of sp³-hybridized carbons (Fsp3) is 0.474. The molecule has 8 nitrogen and oxygen atoms in total. The summed E-state index contributed by atoms with van der Waals surface area (Å²) >= 11 is 0. The van der Waals surface area contributed by atoms with E-state index < -0.39 is 12.0 Å². The molecule has 0 spiro atoms. The molecular weight excluding hydrogens is 367 g/mol. The van der Waals surface area contributed by atoms with Crippen LogP contribution in [0.1, 0.15) is 11.6 Å². The SMILES string of the molecule is COCCNC(=O)CN1CCN(C(C(=O)O)c2c[nH]c3cc(F)ccc23)CC1. The molecule has 1 aliphatic heterocycles. The molecule has 1 amide bonds. The molecule has 1 unspecified atom stereocenters. The van der Waals surface area contributed by atoms with E-state index in [0.29, 0.717) is 55.8 Å². The van der Waals surface area contributed by atoms with Crippen molar-refractivity contribution in [3.05, 3.63) is 35.8 Å². The Morgan fingerprint density at radius 3 is 2.75 bits per heavy atom. The summed E-state index contributed by atoms with van der Waals surface area (Å²) in [5.41, 5.74) is 1.20. The van der Waals surface area contributed by atoms with Crippen molar-refractivity contribution in [1.82, 2.24) is 20.1 Å². The number of carbonyl (C=O) groups excluding carboxylic acids is 1. The fourth-order valence-electron chi connectivity index (χ4n) is 3.56. The Bertz CT molecular complexity index is 832. The third kappa shape index (κ3) is 4.67. The molecule has 0 bridgehead atoms. The molecule has 2 heterocycles. The zero-order chi connectivity index (χ0) is 20.1. The van der Waals surface area contributed by atoms with Crippen LogP contribution in [0.2, 0.25) is 0 Å². The van der Waals surface area contributed by atoms with Crippen LogP contribution in [0, 0.1) is 5.82 Å². The van der Waals surface area contributed by atoms with Gasteiger partial charge in [-0.1, -0.05) is 0 Å². The van der Waals surface area contributed by atoms with Crippen molar-refractivity contribution in [2.24, 2.45) is 0 Å². The van der Waals surface area contributed by atoms with Crippen LogP contribution >= 0.6 is 0 Å². The number of carboxylic acid groups (broad SMARTS) is 1. The summed E-state index contributed by atoms with van der Waals surface area (Å²) in [4.78, 5) is 30.8. The Balaban J connectivity index is 1.63. The van der Waals surface area contributed by atoms with Gasteiger partial charge in [0.2, 0.25) is 5.91 Å². The van der Waals surface area contributed by atoms with Crippen molar-refractivity contribution >= 4 is 22.8 Å². The highest BCUT2D eigenvalue weighted by Crippen LogP contribution is 2.29. The largest absolute Gasteiger partial charge is 0.480 e. The van der Waals surface area contributed by atoms with Gasteiger partial charge < -0.3 is 20.1 Å². The lowest BCUT2D eigenvalue weighted by Crippen LogP contribution is -2.51. The third-order valence-corrected chi connectivity index (χ3v) is 4.97. The first-order chi connectivity index (χ1) is 13.5. The molecular formula is C19H25FN4O4. The van der Waals surface area contributed by atoms with Crippen molar-refractivity contribution in [1.29, 1.82) is 0 Å². The maximum Gasteiger partial charge on any atom is 0.325 e. The van der Waals surface area contributed by atoms with E-state index >= 15 is 0 Å². The Labute approximate surface area is 162 Å². The summed E-state index contributed by atoms with van der Waals surface area (Å²) in [6, 6.07) is 3.47. The van der Waals surface area contributed by atoms with Gasteiger partial charge in [-0.25, -0.2) is 4.39 Å². The summed E-state index contributed by atoms with van der Waals surface area (Å²) in [6.45, 7) is 3.46. The molecule has 0 saturated carbocycles. The molecule has 3 rings (SSSR count). The van der Waals surface area contributed by atoms with Gasteiger partial charge in [-0.3, -0.25) is 19.4 Å². The molecule has 1 aromatic carbocycles. The van der Waals surface area contributed by atoms with E-state index in [1.54, 1.807) is 19.4 Å². The average molecular weight is 392 g/mol. The number of carboxylic acids is 1. The number of ether oxygens (including phenoxy) is 1. The smallest absolute Gasteiger partial charge is 0.325 e. The van der Waals surface area contributed by atoms with Gasteiger partial charge in [-0.05, 0) is 18.2 Å². The van der Waals surface area contributed by atoms with Crippen LogP contribution in [0.5, 0.6) is 0 Å². The quantitative estimate of drug-likeness (QED) is 0.576. The molecule has 1 fully saturated rings. The number of hydrogen-bond acceptors (Lipinski definition) is 5. The molecule has 1 saturated heterocycles. The Kier molecular flexibility index (Phi) is 6.61. The molecule has 0 radical (unpaired) electrons. The first-order valence-electron chi connectivity index (χ1n) is 9.21. The molecule has 0 aliphatic carbocycles. The summed E-state index contributed by atoms with van der Waals surface area (Å²) in [6.07, 6.45) is 1.64. The van der Waals surface area contributed by atoms with E-state index in [9.17, 15) is 19.1 Å². The first-order valence-corrected chi connectivity index (χ1v) is 9.21. The topological polar surface area (TPSA) is 97.9 Å². The average Bonchev–Trinajstić information content (AvgIpc) is 3.06. The molecule has 28 heavy (non-hydrogen) atoms. The van der Waals surface area contributed by atoms with Crippen LogP contribution in [-0.4, -0.2) is 84.8 Å². The minimum absolute atomic E-state index is 0.0704. The van der Waals surface area contributed by atoms with Crippen LogP contribution in [0.15, 0.2) is 24.4 Å². The van der Waals surface area contributed by atoms with Crippen LogP contribution < -0.4 is 5.32 Å². The van der Waals surface area contributed by atoms with Gasteiger partial charge in [0.1, 0.15) is 11.9 Å². The lowest BCUT2D eigenvalue weighted by atomic mass is 10.0. The molecule has 2 aromatic rings. The van der Waals surface area contributed by atoms with E-state index in [2.05, 4.69) is 10.3 Å². The van der Waals surface area contributed by atoms with Gasteiger partial charge in [0.25, 0.3) is 0 Å². The van der Waals surface area contributed by atoms with Crippen LogP contribution in [-0.2, 0) is 14.3 Å². The Hall–Kier alpha value is -2.49. The Morgan fingerprint density at radius 1 is 1.32 bits per heavy atom. The van der Waals surface area contributed by atoms with Gasteiger partial charge >= 0.3 is 5.97 Å². The summed E-state index contributed by atoms with van der Waals surface area (Å²) in [5.74, 6) is -1.39. The number of benzene rings is 1. The van der Waals surface area contributed by atoms with Crippen molar-refractivity contribution in [2.45, 2.75) is 6.04 Å². The second-order valence-electron chi connectivity index (χ2n) is 6.83. The van der Waals surface area contributed by atoms with Crippen LogP contribution in [0.25, 0.3) is 10.9 Å². The number of rotatable bonds is 8. The maximum absolute atomic E-state index is 13.4. The number of hydrogen-bond donors (Lipinski definition) is 3. The van der Waals surface area contributed by atoms with E-state index in [0.717, 1.165) is 0 Å². The number of aromatic nitrogens is 1. The van der Waals surface area contributed by atoms with E-state index in [1.807, 2.05) is 9.80 Å². The van der Waals surface area contributed by atoms with Gasteiger partial charge in [0.05, 0.1) is 13.2 Å². The van der Waals surface area contributed by atoms with Gasteiger partial charge in [0, 0.05) is 62.5 Å². The highest BCUT2D eigenvalue weighted by atomic mass is 19.1. The van der Waals surface area contributed by atoms with E-state index in [1.165, 1.54) is 12.1 Å². The number of fused-ring (bicyclic) bond motifs is 1. The summed E-state index contributed by atoms with van der Waals surface area (Å²) < 4.78 is 18.3. The zero-order valence-corrected chi connectivity index (χ0v) is 15.8. The lowest BCUT2D eigenvalue weighted by molar-refractivity contribution is -0.144. The van der Waals surface area contributed by atoms with E-state index in [-0.39, 0.29) is 18.3 Å². The third-order valence-electron chi connectivity index (χ3n) is 4.97. The van der Waals surface area contributed by atoms with Crippen molar-refractivity contribution in [3.8, 4) is 0 Å². The molecule has 1 atom stereocenters. The number of aliphatic carboxylic acids is 1. The molecule has 9 heteroatoms. The predicted octanol–water partition coefficient (Wildman–Crippen LogP) is 0.813. The number of methoxy groups -OCH3 is 1. The standard InChI is InChI=1S/C19H25FN4O4/c1-28-9-4-21-17(25)12-23-5-7-24(8-6-23)18(19(26)27)15-11-22-16-10-13(20)2-3-14(15)16/h2-3,10-11,18,22H,4-9,12H2,1H3,(H,21,25)(H,26,27). The minimum atomic E-state index is -0.948. The maximum atomic E-state index is 13.4. The normalized spacial score (nSPS) is 16.9. The molecule has 1 aliphatic rings. The van der Waals surface area contributed by atoms with E-state index in [4.69, 9.17) is 4.74 Å². The number of halogens is 1. The van der Waals surface area contributed by atoms with Crippen LogP contribution in [0.4, 0.5) is 4.39 Å². The molecule has 152 valence electrons. The number of nitrogens with zero attached hydrogens (tertiary/aromatic N) is 2. The molecule has 3 N–H and O–H groups in total. The number of H-pyrrole nitrogens is 1. The first kappa shape index (κ1) is 20.2. The van der Waals surface area contributed by atoms with Crippen molar-refractivity contribution in [3.63, 3.8) is 0 Å². The Morgan fingerprint density at radius 2 is 2.07 bits per heavy atom.